The number of hydrogen-bond donors (Lipinski definition) is 0. The monoisotopic (exact) mass is 334 g/mol. The summed E-state index contributed by atoms with van der Waals surface area (Å²) in [6, 6.07) is 4.70. The van der Waals surface area contributed by atoms with E-state index in [4.69, 9.17) is 9.47 Å². The number of methoxy groups -OCH3 is 1. The molecule has 2 aliphatic heterocycles. The van der Waals surface area contributed by atoms with Crippen molar-refractivity contribution in [3.05, 3.63) is 17.7 Å². The maximum atomic E-state index is 5.97. The Morgan fingerprint density at radius 1 is 1.26 bits per heavy atom. The molecule has 23 heavy (non-hydrogen) atoms. The van der Waals surface area contributed by atoms with Gasteiger partial charge < -0.3 is 14.4 Å². The molecule has 0 spiro atoms. The van der Waals surface area contributed by atoms with Crippen LogP contribution in [0.3, 0.4) is 0 Å². The summed E-state index contributed by atoms with van der Waals surface area (Å²) >= 11 is 0. The van der Waals surface area contributed by atoms with Crippen molar-refractivity contribution in [3.63, 3.8) is 0 Å². The number of ether oxygens (including phenoxy) is 2. The van der Waals surface area contributed by atoms with Crippen LogP contribution >= 0.6 is 0 Å². The molecule has 0 bridgehead atoms. The largest absolute Gasteiger partial charge is 0.468 e. The molecule has 0 unspecified atom stereocenters. The summed E-state index contributed by atoms with van der Waals surface area (Å²) in [5.41, 5.74) is 3.00. The number of likely N-dealkylation sites (tertiary alicyclic amines) is 1. The Balaban J connectivity index is 2.14. The highest BCUT2D eigenvalue weighted by Gasteiger charge is 2.52. The van der Waals surface area contributed by atoms with E-state index in [0.29, 0.717) is 13.0 Å². The van der Waals surface area contributed by atoms with Crippen LogP contribution in [0.5, 0.6) is 5.75 Å². The highest BCUT2D eigenvalue weighted by molar-refractivity contribution is 6.89. The van der Waals surface area contributed by atoms with Gasteiger partial charge in [-0.1, -0.05) is 26.6 Å². The molecule has 2 atom stereocenters. The second-order valence-electron chi connectivity index (χ2n) is 8.30. The lowest BCUT2D eigenvalue weighted by atomic mass is 9.81. The van der Waals surface area contributed by atoms with Gasteiger partial charge in [0.15, 0.2) is 6.79 Å². The van der Waals surface area contributed by atoms with Crippen molar-refractivity contribution in [1.82, 2.24) is 4.90 Å². The zero-order valence-corrected chi connectivity index (χ0v) is 16.6. The SMILES string of the molecule is COCOc1cc2c(cc1[Si](C)(C)C)N(C)[C@H]1N(C)CC[C@@]21C. The lowest BCUT2D eigenvalue weighted by molar-refractivity contribution is 0.0517. The van der Waals surface area contributed by atoms with Crippen LogP contribution in [0.1, 0.15) is 18.9 Å². The Hall–Kier alpha value is -1.04. The summed E-state index contributed by atoms with van der Waals surface area (Å²) in [4.78, 5) is 4.94. The maximum absolute atomic E-state index is 5.97. The normalized spacial score (nSPS) is 27.3. The summed E-state index contributed by atoms with van der Waals surface area (Å²) in [5, 5.41) is 1.38. The van der Waals surface area contributed by atoms with E-state index in [9.17, 15) is 0 Å². The second-order valence-corrected chi connectivity index (χ2v) is 13.3. The van der Waals surface area contributed by atoms with Crippen molar-refractivity contribution < 1.29 is 9.47 Å². The second kappa shape index (κ2) is 5.50. The van der Waals surface area contributed by atoms with E-state index in [1.165, 1.54) is 22.9 Å². The molecule has 2 aliphatic rings. The predicted octanol–water partition coefficient (Wildman–Crippen LogP) is 2.58. The van der Waals surface area contributed by atoms with Crippen LogP contribution in [0, 0.1) is 0 Å². The third-order valence-corrected chi connectivity index (χ3v) is 7.58. The molecule has 1 aromatic rings. The smallest absolute Gasteiger partial charge is 0.188 e. The van der Waals surface area contributed by atoms with Gasteiger partial charge in [0.05, 0.1) is 14.2 Å². The van der Waals surface area contributed by atoms with Crippen molar-refractivity contribution in [3.8, 4) is 5.75 Å². The van der Waals surface area contributed by atoms with Gasteiger partial charge in [0, 0.05) is 31.8 Å². The van der Waals surface area contributed by atoms with E-state index in [1.54, 1.807) is 7.11 Å². The Morgan fingerprint density at radius 3 is 2.57 bits per heavy atom. The first-order chi connectivity index (χ1) is 10.7. The van der Waals surface area contributed by atoms with Crippen LogP contribution in [-0.4, -0.2) is 53.7 Å². The number of benzene rings is 1. The van der Waals surface area contributed by atoms with Crippen LogP contribution in [0.15, 0.2) is 12.1 Å². The first kappa shape index (κ1) is 16.8. The van der Waals surface area contributed by atoms with Crippen molar-refractivity contribution in [2.24, 2.45) is 0 Å². The van der Waals surface area contributed by atoms with Gasteiger partial charge in [-0.05, 0) is 36.4 Å². The van der Waals surface area contributed by atoms with Gasteiger partial charge in [-0.3, -0.25) is 4.90 Å². The molecule has 0 aliphatic carbocycles. The van der Waals surface area contributed by atoms with Gasteiger partial charge in [0.2, 0.25) is 0 Å². The van der Waals surface area contributed by atoms with Gasteiger partial charge in [-0.25, -0.2) is 0 Å². The minimum atomic E-state index is -1.50. The molecular weight excluding hydrogens is 304 g/mol. The Kier molecular flexibility index (Phi) is 4.02. The summed E-state index contributed by atoms with van der Waals surface area (Å²) < 4.78 is 11.1. The summed E-state index contributed by atoms with van der Waals surface area (Å²) in [5.74, 6) is 1.02. The fourth-order valence-electron chi connectivity index (χ4n) is 4.42. The number of fused-ring (bicyclic) bond motifs is 3. The zero-order valence-electron chi connectivity index (χ0n) is 15.6. The molecule has 5 heteroatoms. The number of hydrogen-bond acceptors (Lipinski definition) is 4. The number of likely N-dealkylation sites (N-methyl/N-ethyl adjacent to an activating group) is 2. The van der Waals surface area contributed by atoms with Crippen molar-refractivity contribution >= 4 is 18.9 Å². The molecule has 0 saturated carbocycles. The topological polar surface area (TPSA) is 24.9 Å². The Morgan fingerprint density at radius 2 is 1.96 bits per heavy atom. The van der Waals surface area contributed by atoms with Crippen LogP contribution in [0.25, 0.3) is 0 Å². The highest BCUT2D eigenvalue weighted by atomic mass is 28.3. The quantitative estimate of drug-likeness (QED) is 0.624. The molecule has 0 N–H and O–H groups in total. The third-order valence-electron chi connectivity index (χ3n) is 5.57. The lowest BCUT2D eigenvalue weighted by Crippen LogP contribution is -2.45. The van der Waals surface area contributed by atoms with Crippen molar-refractivity contribution in [1.29, 1.82) is 0 Å². The lowest BCUT2D eigenvalue weighted by Gasteiger charge is -2.32. The average molecular weight is 335 g/mol. The number of anilines is 1. The first-order valence-electron chi connectivity index (χ1n) is 8.44. The molecule has 4 nitrogen and oxygen atoms in total. The van der Waals surface area contributed by atoms with E-state index in [0.717, 1.165) is 12.3 Å². The van der Waals surface area contributed by atoms with Gasteiger partial charge in [0.1, 0.15) is 5.75 Å². The summed E-state index contributed by atoms with van der Waals surface area (Å²) in [7, 11) is 4.65. The maximum Gasteiger partial charge on any atom is 0.188 e. The van der Waals surface area contributed by atoms with E-state index < -0.39 is 8.07 Å². The van der Waals surface area contributed by atoms with E-state index in [1.807, 2.05) is 0 Å². The molecule has 0 aromatic heterocycles. The molecule has 2 heterocycles. The van der Waals surface area contributed by atoms with Crippen LogP contribution in [-0.2, 0) is 10.2 Å². The predicted molar refractivity (Wildman–Crippen MR) is 98.7 cm³/mol. The van der Waals surface area contributed by atoms with E-state index in [2.05, 4.69) is 62.6 Å². The molecule has 0 amide bonds. The fraction of sp³-hybridized carbons (Fsp3) is 0.667. The zero-order chi connectivity index (χ0) is 17.0. The molecule has 1 aromatic carbocycles. The van der Waals surface area contributed by atoms with Crippen LogP contribution in [0.2, 0.25) is 19.6 Å². The summed E-state index contributed by atoms with van der Waals surface area (Å²) in [6.45, 7) is 11.0. The van der Waals surface area contributed by atoms with Crippen molar-refractivity contribution in [2.75, 3.05) is 39.4 Å². The Bertz CT molecular complexity index is 614. The molecule has 3 rings (SSSR count). The van der Waals surface area contributed by atoms with Crippen LogP contribution in [0.4, 0.5) is 5.69 Å². The van der Waals surface area contributed by atoms with Gasteiger partial charge >= 0.3 is 0 Å². The summed E-state index contributed by atoms with van der Waals surface area (Å²) in [6.07, 6.45) is 1.64. The number of rotatable bonds is 4. The Labute approximate surface area is 141 Å². The van der Waals surface area contributed by atoms with E-state index in [-0.39, 0.29) is 5.41 Å². The molecule has 0 radical (unpaired) electrons. The fourth-order valence-corrected chi connectivity index (χ4v) is 5.87. The third kappa shape index (κ3) is 2.49. The van der Waals surface area contributed by atoms with Crippen molar-refractivity contribution in [2.45, 2.75) is 44.6 Å². The van der Waals surface area contributed by atoms with Gasteiger partial charge in [-0.2, -0.15) is 0 Å². The molecule has 1 saturated heterocycles. The van der Waals surface area contributed by atoms with Gasteiger partial charge in [-0.15, -0.1) is 0 Å². The van der Waals surface area contributed by atoms with Gasteiger partial charge in [0.25, 0.3) is 0 Å². The molecule has 1 fully saturated rings. The van der Waals surface area contributed by atoms with Crippen LogP contribution < -0.4 is 14.8 Å². The molecular formula is C18H30N2O2Si. The highest BCUT2D eigenvalue weighted by Crippen LogP contribution is 2.51. The van der Waals surface area contributed by atoms with E-state index >= 15 is 0 Å². The standard InChI is InChI=1S/C18H30N2O2Si/c1-18-8-9-19(2)17(18)20(3)14-11-16(23(5,6)7)15(10-13(14)18)22-12-21-4/h10-11,17H,8-9,12H2,1-7H3/t17-,18+/m1/s1. The number of nitrogens with zero attached hydrogens (tertiary/aromatic N) is 2. The first-order valence-corrected chi connectivity index (χ1v) is 11.9. The molecule has 128 valence electrons. The minimum Gasteiger partial charge on any atom is -0.468 e. The minimum absolute atomic E-state index is 0.183. The average Bonchev–Trinajstić information content (AvgIpc) is 2.89.